The molecule has 17 heavy (non-hydrogen) atoms. The fourth-order valence-electron chi connectivity index (χ4n) is 1.53. The molecule has 1 aromatic carbocycles. The first-order chi connectivity index (χ1) is 8.03. The molecule has 0 unspecified atom stereocenters. The van der Waals surface area contributed by atoms with Crippen LogP contribution in [0.15, 0.2) is 24.3 Å². The van der Waals surface area contributed by atoms with Gasteiger partial charge in [-0.25, -0.2) is 0 Å². The molecule has 0 saturated heterocycles. The average molecular weight is 276 g/mol. The quantitative estimate of drug-likeness (QED) is 0.345. The number of nitro benzene ring substituents is 1. The van der Waals surface area contributed by atoms with Crippen LogP contribution in [0.5, 0.6) is 0 Å². The molecule has 0 radical (unpaired) electrons. The molecule has 0 bridgehead atoms. The van der Waals surface area contributed by atoms with E-state index in [9.17, 15) is 14.7 Å². The van der Waals surface area contributed by atoms with Crippen LogP contribution in [0.2, 0.25) is 0 Å². The molecule has 0 amide bonds. The Morgan fingerprint density at radius 2 is 2.18 bits per heavy atom. The summed E-state index contributed by atoms with van der Waals surface area (Å²) in [5.74, 6) is 0. The Bertz CT molecular complexity index is 450. The van der Waals surface area contributed by atoms with Gasteiger partial charge in [-0.1, -0.05) is 25.5 Å². The van der Waals surface area contributed by atoms with Gasteiger partial charge in [0.2, 0.25) is 0 Å². The molecule has 0 aliphatic heterocycles. The second kappa shape index (κ2) is 6.18. The molecule has 0 heterocycles. The van der Waals surface area contributed by atoms with Crippen molar-refractivity contribution < 1.29 is 9.49 Å². The predicted octanol–water partition coefficient (Wildman–Crippen LogP) is 3.58. The van der Waals surface area contributed by atoms with E-state index < -0.39 is 12.1 Å². The Hall–Kier alpha value is -0.860. The molecular weight excluding hydrogens is 261 g/mol. The molecular formula is C11H15ClNO3P. The van der Waals surface area contributed by atoms with E-state index in [0.29, 0.717) is 11.5 Å². The summed E-state index contributed by atoms with van der Waals surface area (Å²) in [6.07, 6.45) is 2.25. The molecule has 4 nitrogen and oxygen atoms in total. The van der Waals surface area contributed by atoms with E-state index in [2.05, 4.69) is 0 Å². The molecule has 0 aliphatic rings. The van der Waals surface area contributed by atoms with E-state index in [1.807, 2.05) is 6.92 Å². The summed E-state index contributed by atoms with van der Waals surface area (Å²) in [6, 6.07) is 5.98. The second-order valence-electron chi connectivity index (χ2n) is 3.86. The number of hydrogen-bond donors (Lipinski definition) is 0. The summed E-state index contributed by atoms with van der Waals surface area (Å²) in [4.78, 5) is 10.2. The fourth-order valence-corrected chi connectivity index (χ4v) is 4.37. The van der Waals surface area contributed by atoms with Crippen LogP contribution in [-0.2, 0) is 4.57 Å². The number of non-ortho nitro benzene ring substituents is 1. The van der Waals surface area contributed by atoms with Crippen molar-refractivity contribution in [2.45, 2.75) is 19.8 Å². The minimum atomic E-state index is -2.67. The van der Waals surface area contributed by atoms with Gasteiger partial charge in [0, 0.05) is 23.6 Å². The summed E-state index contributed by atoms with van der Waals surface area (Å²) in [5.41, 5.74) is -0.00177. The number of unbranched alkanes of at least 4 members (excludes halogenated alkanes) is 1. The molecule has 0 aromatic heterocycles. The van der Waals surface area contributed by atoms with E-state index in [1.165, 1.54) is 12.1 Å². The Morgan fingerprint density at radius 3 is 2.71 bits per heavy atom. The number of hydrogen-bond acceptors (Lipinski definition) is 3. The monoisotopic (exact) mass is 275 g/mol. The Labute approximate surface area is 106 Å². The van der Waals surface area contributed by atoms with Crippen molar-refractivity contribution in [2.24, 2.45) is 0 Å². The van der Waals surface area contributed by atoms with Crippen molar-refractivity contribution in [3.63, 3.8) is 0 Å². The van der Waals surface area contributed by atoms with Crippen molar-refractivity contribution in [1.29, 1.82) is 0 Å². The van der Waals surface area contributed by atoms with Crippen molar-refractivity contribution in [3.05, 3.63) is 34.4 Å². The fraction of sp³-hybridized carbons (Fsp3) is 0.455. The highest BCUT2D eigenvalue weighted by Crippen LogP contribution is 2.46. The van der Waals surface area contributed by atoms with E-state index >= 15 is 0 Å². The highest BCUT2D eigenvalue weighted by atomic mass is 35.5. The summed E-state index contributed by atoms with van der Waals surface area (Å²) in [7, 11) is -2.67. The first-order valence-corrected chi connectivity index (χ1v) is 8.03. The summed E-state index contributed by atoms with van der Waals surface area (Å²) in [6.45, 7) is 2.01. The number of nitro groups is 1. The van der Waals surface area contributed by atoms with Crippen LogP contribution in [0.4, 0.5) is 5.69 Å². The molecule has 0 aliphatic carbocycles. The summed E-state index contributed by atoms with van der Waals surface area (Å²) in [5, 5.41) is 11.2. The number of benzene rings is 1. The van der Waals surface area contributed by atoms with Gasteiger partial charge in [0.15, 0.2) is 0 Å². The molecule has 0 spiro atoms. The van der Waals surface area contributed by atoms with Crippen LogP contribution in [0, 0.1) is 10.1 Å². The van der Waals surface area contributed by atoms with Gasteiger partial charge in [0.25, 0.3) is 5.69 Å². The van der Waals surface area contributed by atoms with Gasteiger partial charge >= 0.3 is 0 Å². The lowest BCUT2D eigenvalue weighted by atomic mass is 10.3. The van der Waals surface area contributed by atoms with E-state index in [4.69, 9.17) is 11.6 Å². The van der Waals surface area contributed by atoms with Gasteiger partial charge in [0.05, 0.1) is 10.5 Å². The smallest absolute Gasteiger partial charge is 0.270 e. The first-order valence-electron chi connectivity index (χ1n) is 5.42. The van der Waals surface area contributed by atoms with Crippen LogP contribution in [0.25, 0.3) is 0 Å². The Kier molecular flexibility index (Phi) is 5.16. The maximum atomic E-state index is 12.6. The molecule has 1 rings (SSSR count). The zero-order chi connectivity index (χ0) is 12.9. The van der Waals surface area contributed by atoms with E-state index in [0.717, 1.165) is 12.8 Å². The standard InChI is InChI=1S/C11H15ClNO3P/c1-2-3-7-17(16,9-12)11-6-4-5-10(8-11)13(14)15/h4-6,8H,2-3,7,9H2,1H3/t17-/m1/s1. The molecule has 0 N–H and O–H groups in total. The molecule has 94 valence electrons. The van der Waals surface area contributed by atoms with Crippen molar-refractivity contribution in [2.75, 3.05) is 11.8 Å². The van der Waals surface area contributed by atoms with Crippen LogP contribution in [0.3, 0.4) is 0 Å². The third kappa shape index (κ3) is 3.55. The third-order valence-electron chi connectivity index (χ3n) is 2.58. The first kappa shape index (κ1) is 14.2. The number of nitrogens with zero attached hydrogens (tertiary/aromatic N) is 1. The molecule has 1 atom stereocenters. The lowest BCUT2D eigenvalue weighted by Gasteiger charge is -2.15. The second-order valence-corrected chi connectivity index (χ2v) is 7.56. The number of rotatable bonds is 6. The van der Waals surface area contributed by atoms with Crippen molar-refractivity contribution >= 4 is 29.7 Å². The summed E-state index contributed by atoms with van der Waals surface area (Å²) >= 11 is 5.78. The minimum Gasteiger partial charge on any atom is -0.317 e. The molecule has 0 saturated carbocycles. The summed E-state index contributed by atoms with van der Waals surface area (Å²) < 4.78 is 12.6. The minimum absolute atomic E-state index is 0.0359. The van der Waals surface area contributed by atoms with Gasteiger partial charge in [-0.2, -0.15) is 0 Å². The third-order valence-corrected chi connectivity index (χ3v) is 6.38. The normalized spacial score (nSPS) is 14.2. The van der Waals surface area contributed by atoms with E-state index in [-0.39, 0.29) is 11.3 Å². The number of alkyl halides is 1. The van der Waals surface area contributed by atoms with Gasteiger partial charge < -0.3 is 4.57 Å². The highest BCUT2D eigenvalue weighted by Gasteiger charge is 2.24. The zero-order valence-corrected chi connectivity index (χ0v) is 11.3. The molecule has 0 fully saturated rings. The maximum Gasteiger partial charge on any atom is 0.270 e. The molecule has 1 aromatic rings. The van der Waals surface area contributed by atoms with Crippen LogP contribution < -0.4 is 5.30 Å². The van der Waals surface area contributed by atoms with Crippen molar-refractivity contribution in [1.82, 2.24) is 0 Å². The van der Waals surface area contributed by atoms with Gasteiger partial charge in [-0.05, 0) is 6.42 Å². The number of halogens is 1. The predicted molar refractivity (Wildman–Crippen MR) is 70.8 cm³/mol. The topological polar surface area (TPSA) is 60.2 Å². The lowest BCUT2D eigenvalue weighted by molar-refractivity contribution is -0.384. The zero-order valence-electron chi connectivity index (χ0n) is 9.63. The van der Waals surface area contributed by atoms with Gasteiger partial charge in [0.1, 0.15) is 7.14 Å². The van der Waals surface area contributed by atoms with Gasteiger partial charge in [-0.15, -0.1) is 11.6 Å². The van der Waals surface area contributed by atoms with Crippen LogP contribution >= 0.6 is 18.7 Å². The maximum absolute atomic E-state index is 12.6. The average Bonchev–Trinajstić information content (AvgIpc) is 2.36. The molecule has 6 heteroatoms. The SMILES string of the molecule is CCCC[P@@](=O)(CCl)c1cccc([N+](=O)[O-])c1. The lowest BCUT2D eigenvalue weighted by Crippen LogP contribution is -2.09. The highest BCUT2D eigenvalue weighted by molar-refractivity contribution is 7.72. The van der Waals surface area contributed by atoms with Gasteiger partial charge in [-0.3, -0.25) is 10.1 Å². The van der Waals surface area contributed by atoms with E-state index in [1.54, 1.807) is 12.1 Å². The van der Waals surface area contributed by atoms with Crippen LogP contribution in [0.1, 0.15) is 19.8 Å². The largest absolute Gasteiger partial charge is 0.317 e. The van der Waals surface area contributed by atoms with Crippen molar-refractivity contribution in [3.8, 4) is 0 Å². The Morgan fingerprint density at radius 1 is 1.47 bits per heavy atom. The Balaban J connectivity index is 3.07. The van der Waals surface area contributed by atoms with Crippen LogP contribution in [-0.4, -0.2) is 16.7 Å².